The highest BCUT2D eigenvalue weighted by Crippen LogP contribution is 2.16. The van der Waals surface area contributed by atoms with E-state index in [1.54, 1.807) is 24.0 Å². The van der Waals surface area contributed by atoms with Crippen molar-refractivity contribution in [2.45, 2.75) is 24.8 Å². The summed E-state index contributed by atoms with van der Waals surface area (Å²) in [5.74, 6) is -0.149. The highest BCUT2D eigenvalue weighted by atomic mass is 32.2. The summed E-state index contributed by atoms with van der Waals surface area (Å²) in [5.41, 5.74) is 2.16. The molecule has 3 rings (SSSR count). The topological polar surface area (TPSA) is 93.5 Å². The first-order valence-corrected chi connectivity index (χ1v) is 11.5. The molecule has 2 aromatic rings. The Hall–Kier alpha value is -2.73. The van der Waals surface area contributed by atoms with Gasteiger partial charge < -0.3 is 4.90 Å². The molecule has 1 N–H and O–H groups in total. The van der Waals surface area contributed by atoms with Gasteiger partial charge in [-0.1, -0.05) is 25.1 Å². The van der Waals surface area contributed by atoms with Crippen molar-refractivity contribution in [3.8, 4) is 6.07 Å². The zero-order valence-corrected chi connectivity index (χ0v) is 17.9. The van der Waals surface area contributed by atoms with Crippen LogP contribution < -0.4 is 4.72 Å². The van der Waals surface area contributed by atoms with E-state index >= 15 is 0 Å². The molecule has 1 aliphatic rings. The van der Waals surface area contributed by atoms with E-state index in [4.69, 9.17) is 5.26 Å². The number of amides is 1. The molecule has 2 aromatic carbocycles. The summed E-state index contributed by atoms with van der Waals surface area (Å²) < 4.78 is 26.9. The van der Waals surface area contributed by atoms with Crippen LogP contribution in [0.2, 0.25) is 0 Å². The molecule has 1 aliphatic heterocycles. The monoisotopic (exact) mass is 426 g/mol. The minimum absolute atomic E-state index is 0.104. The molecule has 0 unspecified atom stereocenters. The Morgan fingerprint density at radius 2 is 1.87 bits per heavy atom. The van der Waals surface area contributed by atoms with Crippen LogP contribution in [0.1, 0.15) is 34.8 Å². The van der Waals surface area contributed by atoms with Gasteiger partial charge in [0.2, 0.25) is 10.0 Å². The quantitative estimate of drug-likeness (QED) is 0.764. The summed E-state index contributed by atoms with van der Waals surface area (Å²) in [7, 11) is -3.60. The molecule has 0 bridgehead atoms. The number of nitrogens with one attached hydrogen (secondary N) is 1. The molecule has 158 valence electrons. The Bertz CT molecular complexity index is 1030. The van der Waals surface area contributed by atoms with Gasteiger partial charge in [-0.25, -0.2) is 13.1 Å². The first-order valence-electron chi connectivity index (χ1n) is 10.0. The maximum atomic E-state index is 13.0. The lowest BCUT2D eigenvalue weighted by molar-refractivity contribution is 0.0761. The lowest BCUT2D eigenvalue weighted by Gasteiger charge is -2.22. The predicted octanol–water partition coefficient (Wildman–Crippen LogP) is 2.20. The minimum atomic E-state index is -3.60. The number of hydrogen-bond donors (Lipinski definition) is 1. The summed E-state index contributed by atoms with van der Waals surface area (Å²) in [4.78, 5) is 17.2. The molecule has 8 heteroatoms. The summed E-state index contributed by atoms with van der Waals surface area (Å²) in [5, 5.41) is 8.92. The first kappa shape index (κ1) is 22.0. The van der Waals surface area contributed by atoms with Crippen molar-refractivity contribution in [2.75, 3.05) is 32.7 Å². The molecule has 7 nitrogen and oxygen atoms in total. The van der Waals surface area contributed by atoms with Gasteiger partial charge in [0.1, 0.15) is 0 Å². The second kappa shape index (κ2) is 9.85. The largest absolute Gasteiger partial charge is 0.337 e. The number of rotatable bonds is 6. The summed E-state index contributed by atoms with van der Waals surface area (Å²) in [6.45, 7) is 5.60. The summed E-state index contributed by atoms with van der Waals surface area (Å²) in [6, 6.07) is 15.9. The van der Waals surface area contributed by atoms with Crippen molar-refractivity contribution in [2.24, 2.45) is 0 Å². The number of sulfonamides is 1. The summed E-state index contributed by atoms with van der Waals surface area (Å²) in [6.07, 6.45) is 0.845. The standard InChI is InChI=1S/C22H26N4O3S/c1-2-24-30(28,29)21-6-3-5-20(15-21)22(27)26-12-4-11-25(13-14-26)17-19-9-7-18(16-23)8-10-19/h3,5-10,15,24H,2,4,11-14,17H2,1H3. The molecular weight excluding hydrogens is 400 g/mol. The van der Waals surface area contributed by atoms with Gasteiger partial charge in [0.15, 0.2) is 0 Å². The fourth-order valence-corrected chi connectivity index (χ4v) is 4.61. The van der Waals surface area contributed by atoms with Gasteiger partial charge in [-0.15, -0.1) is 0 Å². The Labute approximate surface area is 178 Å². The van der Waals surface area contributed by atoms with Crippen molar-refractivity contribution in [1.29, 1.82) is 5.26 Å². The zero-order valence-electron chi connectivity index (χ0n) is 17.0. The molecule has 0 saturated carbocycles. The lowest BCUT2D eigenvalue weighted by atomic mass is 10.1. The van der Waals surface area contributed by atoms with E-state index < -0.39 is 10.0 Å². The number of nitriles is 1. The molecule has 1 saturated heterocycles. The fourth-order valence-electron chi connectivity index (χ4n) is 3.53. The van der Waals surface area contributed by atoms with Gasteiger partial charge in [-0.2, -0.15) is 5.26 Å². The third-order valence-electron chi connectivity index (χ3n) is 5.09. The Morgan fingerprint density at radius 3 is 2.57 bits per heavy atom. The average molecular weight is 427 g/mol. The second-order valence-corrected chi connectivity index (χ2v) is 9.03. The van der Waals surface area contributed by atoms with Gasteiger partial charge in [0.25, 0.3) is 5.91 Å². The molecule has 0 atom stereocenters. The number of hydrogen-bond acceptors (Lipinski definition) is 5. The van der Waals surface area contributed by atoms with Crippen LogP contribution in [0, 0.1) is 11.3 Å². The fraction of sp³-hybridized carbons (Fsp3) is 0.364. The van der Waals surface area contributed by atoms with E-state index in [1.807, 2.05) is 24.3 Å². The molecule has 0 radical (unpaired) electrons. The highest BCUT2D eigenvalue weighted by Gasteiger charge is 2.22. The average Bonchev–Trinajstić information content (AvgIpc) is 2.99. The highest BCUT2D eigenvalue weighted by molar-refractivity contribution is 7.89. The number of nitrogens with zero attached hydrogens (tertiary/aromatic N) is 3. The lowest BCUT2D eigenvalue weighted by Crippen LogP contribution is -2.35. The maximum Gasteiger partial charge on any atom is 0.253 e. The van der Waals surface area contributed by atoms with Crippen LogP contribution in [0.5, 0.6) is 0 Å². The van der Waals surface area contributed by atoms with Crippen LogP contribution in [0.3, 0.4) is 0 Å². The number of carbonyl (C=O) groups is 1. The van der Waals surface area contributed by atoms with Crippen molar-refractivity contribution >= 4 is 15.9 Å². The van der Waals surface area contributed by atoms with Crippen molar-refractivity contribution in [1.82, 2.24) is 14.5 Å². The minimum Gasteiger partial charge on any atom is -0.337 e. The third-order valence-corrected chi connectivity index (χ3v) is 6.63. The van der Waals surface area contributed by atoms with Crippen LogP contribution in [0.15, 0.2) is 53.4 Å². The molecular formula is C22H26N4O3S. The van der Waals surface area contributed by atoms with Crippen molar-refractivity contribution in [3.63, 3.8) is 0 Å². The molecule has 1 amide bonds. The Kier molecular flexibility index (Phi) is 7.21. The van der Waals surface area contributed by atoms with E-state index in [0.29, 0.717) is 30.8 Å². The van der Waals surface area contributed by atoms with E-state index in [2.05, 4.69) is 15.7 Å². The van der Waals surface area contributed by atoms with Gasteiger partial charge in [-0.05, 0) is 42.3 Å². The molecule has 1 fully saturated rings. The van der Waals surface area contributed by atoms with E-state index in [1.165, 1.54) is 12.1 Å². The van der Waals surface area contributed by atoms with Gasteiger partial charge >= 0.3 is 0 Å². The first-order chi connectivity index (χ1) is 14.4. The molecule has 0 aromatic heterocycles. The number of carbonyl (C=O) groups excluding carboxylic acids is 1. The molecule has 1 heterocycles. The number of benzene rings is 2. The summed E-state index contributed by atoms with van der Waals surface area (Å²) >= 11 is 0. The Morgan fingerprint density at radius 1 is 1.10 bits per heavy atom. The SMILES string of the molecule is CCNS(=O)(=O)c1cccc(C(=O)N2CCCN(Cc3ccc(C#N)cc3)CC2)c1. The van der Waals surface area contributed by atoms with Crippen LogP contribution in [-0.2, 0) is 16.6 Å². The maximum absolute atomic E-state index is 13.0. The van der Waals surface area contributed by atoms with E-state index in [-0.39, 0.29) is 10.8 Å². The smallest absolute Gasteiger partial charge is 0.253 e. The van der Waals surface area contributed by atoms with Crippen LogP contribution >= 0.6 is 0 Å². The zero-order chi connectivity index (χ0) is 21.6. The molecule has 0 aliphatic carbocycles. The molecule has 0 spiro atoms. The predicted molar refractivity (Wildman–Crippen MR) is 114 cm³/mol. The van der Waals surface area contributed by atoms with Crippen molar-refractivity contribution < 1.29 is 13.2 Å². The normalized spacial score (nSPS) is 15.4. The van der Waals surface area contributed by atoms with E-state index in [9.17, 15) is 13.2 Å². The Balaban J connectivity index is 1.65. The molecule has 30 heavy (non-hydrogen) atoms. The van der Waals surface area contributed by atoms with Crippen LogP contribution in [0.4, 0.5) is 0 Å². The van der Waals surface area contributed by atoms with E-state index in [0.717, 1.165) is 31.6 Å². The van der Waals surface area contributed by atoms with Gasteiger partial charge in [0, 0.05) is 44.8 Å². The van der Waals surface area contributed by atoms with Crippen LogP contribution in [0.25, 0.3) is 0 Å². The second-order valence-electron chi connectivity index (χ2n) is 7.26. The van der Waals surface area contributed by atoms with Crippen LogP contribution in [-0.4, -0.2) is 56.8 Å². The van der Waals surface area contributed by atoms with Crippen molar-refractivity contribution in [3.05, 3.63) is 65.2 Å². The van der Waals surface area contributed by atoms with Gasteiger partial charge in [-0.3, -0.25) is 9.69 Å². The van der Waals surface area contributed by atoms with Gasteiger partial charge in [0.05, 0.1) is 16.5 Å². The third kappa shape index (κ3) is 5.45.